The molecule has 0 fully saturated rings. The standard InChI is InChI=1S/C15H16N2O3/c1-19-12-7-8-13(15(16)17-18)14(9-12)20-10-11-5-3-2-4-6-11/h2-9,18H,10H2,1H3,(H2,16,17). The third kappa shape index (κ3) is 3.20. The van der Waals surface area contributed by atoms with Crippen molar-refractivity contribution < 1.29 is 14.7 Å². The van der Waals surface area contributed by atoms with Crippen molar-refractivity contribution in [1.29, 1.82) is 0 Å². The molecule has 0 saturated carbocycles. The van der Waals surface area contributed by atoms with E-state index in [1.165, 1.54) is 0 Å². The highest BCUT2D eigenvalue weighted by Gasteiger charge is 2.10. The van der Waals surface area contributed by atoms with Crippen LogP contribution in [0, 0.1) is 0 Å². The van der Waals surface area contributed by atoms with Gasteiger partial charge in [0, 0.05) is 6.07 Å². The summed E-state index contributed by atoms with van der Waals surface area (Å²) in [6.07, 6.45) is 0. The zero-order chi connectivity index (χ0) is 14.4. The summed E-state index contributed by atoms with van der Waals surface area (Å²) in [7, 11) is 1.57. The fraction of sp³-hybridized carbons (Fsp3) is 0.133. The summed E-state index contributed by atoms with van der Waals surface area (Å²) in [6.45, 7) is 0.389. The number of nitrogens with zero attached hydrogens (tertiary/aromatic N) is 1. The van der Waals surface area contributed by atoms with Crippen LogP contribution < -0.4 is 15.2 Å². The topological polar surface area (TPSA) is 77.1 Å². The van der Waals surface area contributed by atoms with Gasteiger partial charge in [0.25, 0.3) is 0 Å². The molecule has 5 nitrogen and oxygen atoms in total. The van der Waals surface area contributed by atoms with Crippen molar-refractivity contribution in [2.24, 2.45) is 10.9 Å². The van der Waals surface area contributed by atoms with E-state index >= 15 is 0 Å². The molecule has 3 N–H and O–H groups in total. The summed E-state index contributed by atoms with van der Waals surface area (Å²) in [5.41, 5.74) is 7.18. The van der Waals surface area contributed by atoms with Gasteiger partial charge in [-0.25, -0.2) is 0 Å². The van der Waals surface area contributed by atoms with Crippen LogP contribution in [0.4, 0.5) is 0 Å². The molecule has 0 unspecified atom stereocenters. The number of rotatable bonds is 5. The smallest absolute Gasteiger partial charge is 0.173 e. The molecular weight excluding hydrogens is 256 g/mol. The number of nitrogens with two attached hydrogens (primary N) is 1. The normalized spacial score (nSPS) is 11.2. The van der Waals surface area contributed by atoms with Gasteiger partial charge < -0.3 is 20.4 Å². The summed E-state index contributed by atoms with van der Waals surface area (Å²) in [6, 6.07) is 14.9. The van der Waals surface area contributed by atoms with Crippen LogP contribution in [0.3, 0.4) is 0 Å². The molecule has 0 aliphatic heterocycles. The number of oxime groups is 1. The zero-order valence-electron chi connectivity index (χ0n) is 11.1. The lowest BCUT2D eigenvalue weighted by Crippen LogP contribution is -2.15. The molecule has 0 heterocycles. The fourth-order valence-electron chi connectivity index (χ4n) is 1.75. The maximum absolute atomic E-state index is 8.80. The van der Waals surface area contributed by atoms with E-state index in [2.05, 4.69) is 5.16 Å². The number of benzene rings is 2. The molecule has 0 saturated heterocycles. The quantitative estimate of drug-likeness (QED) is 0.379. The molecule has 104 valence electrons. The summed E-state index contributed by atoms with van der Waals surface area (Å²) in [4.78, 5) is 0. The Labute approximate surface area is 117 Å². The molecule has 2 rings (SSSR count). The predicted octanol–water partition coefficient (Wildman–Crippen LogP) is 2.37. The van der Waals surface area contributed by atoms with E-state index in [-0.39, 0.29) is 5.84 Å². The predicted molar refractivity (Wildman–Crippen MR) is 76.3 cm³/mol. The molecule has 0 radical (unpaired) electrons. The lowest BCUT2D eigenvalue weighted by molar-refractivity contribution is 0.301. The second-order valence-electron chi connectivity index (χ2n) is 4.12. The lowest BCUT2D eigenvalue weighted by Gasteiger charge is -2.12. The van der Waals surface area contributed by atoms with Crippen LogP contribution in [0.1, 0.15) is 11.1 Å². The molecule has 0 aliphatic carbocycles. The lowest BCUT2D eigenvalue weighted by atomic mass is 10.1. The Morgan fingerprint density at radius 1 is 1.20 bits per heavy atom. The molecular formula is C15H16N2O3. The van der Waals surface area contributed by atoms with Crippen LogP contribution in [0.25, 0.3) is 0 Å². The first kappa shape index (κ1) is 13.7. The second kappa shape index (κ2) is 6.47. The average molecular weight is 272 g/mol. The first-order valence-electron chi connectivity index (χ1n) is 6.07. The minimum Gasteiger partial charge on any atom is -0.497 e. The van der Waals surface area contributed by atoms with Gasteiger partial charge in [-0.05, 0) is 17.7 Å². The van der Waals surface area contributed by atoms with Gasteiger partial charge in [0.05, 0.1) is 12.7 Å². The molecule has 2 aromatic rings. The van der Waals surface area contributed by atoms with E-state index in [4.69, 9.17) is 20.4 Å². The number of hydrogen-bond donors (Lipinski definition) is 2. The SMILES string of the molecule is COc1ccc(/C(N)=N/O)c(OCc2ccccc2)c1. The van der Waals surface area contributed by atoms with Crippen molar-refractivity contribution in [2.45, 2.75) is 6.61 Å². The third-order valence-corrected chi connectivity index (χ3v) is 2.81. The highest BCUT2D eigenvalue weighted by Crippen LogP contribution is 2.25. The largest absolute Gasteiger partial charge is 0.497 e. The summed E-state index contributed by atoms with van der Waals surface area (Å²) >= 11 is 0. The van der Waals surface area contributed by atoms with E-state index in [1.807, 2.05) is 30.3 Å². The summed E-state index contributed by atoms with van der Waals surface area (Å²) < 4.78 is 10.9. The second-order valence-corrected chi connectivity index (χ2v) is 4.12. The van der Waals surface area contributed by atoms with Crippen LogP contribution in [-0.2, 0) is 6.61 Å². The van der Waals surface area contributed by atoms with Crippen LogP contribution in [-0.4, -0.2) is 18.2 Å². The Morgan fingerprint density at radius 3 is 2.60 bits per heavy atom. The minimum absolute atomic E-state index is 0.00397. The third-order valence-electron chi connectivity index (χ3n) is 2.81. The minimum atomic E-state index is -0.00397. The Morgan fingerprint density at radius 2 is 1.95 bits per heavy atom. The molecule has 2 aromatic carbocycles. The summed E-state index contributed by atoms with van der Waals surface area (Å²) in [5.74, 6) is 1.14. The monoisotopic (exact) mass is 272 g/mol. The van der Waals surface area contributed by atoms with Crippen LogP contribution in [0.15, 0.2) is 53.7 Å². The maximum Gasteiger partial charge on any atom is 0.173 e. The Kier molecular flexibility index (Phi) is 4.44. The maximum atomic E-state index is 8.80. The molecule has 0 amide bonds. The van der Waals surface area contributed by atoms with Crippen molar-refractivity contribution in [3.63, 3.8) is 0 Å². The molecule has 0 bridgehead atoms. The highest BCUT2D eigenvalue weighted by atomic mass is 16.5. The van der Waals surface area contributed by atoms with Crippen LogP contribution >= 0.6 is 0 Å². The molecule has 5 heteroatoms. The first-order chi connectivity index (χ1) is 9.74. The Hall–Kier alpha value is -2.69. The van der Waals surface area contributed by atoms with Gasteiger partial charge in [-0.2, -0.15) is 0 Å². The Balaban J connectivity index is 2.24. The number of amidine groups is 1. The zero-order valence-corrected chi connectivity index (χ0v) is 11.1. The number of hydrogen-bond acceptors (Lipinski definition) is 4. The molecule has 0 aromatic heterocycles. The number of methoxy groups -OCH3 is 1. The van der Waals surface area contributed by atoms with Gasteiger partial charge in [-0.15, -0.1) is 0 Å². The van der Waals surface area contributed by atoms with Gasteiger partial charge in [0.1, 0.15) is 18.1 Å². The van der Waals surface area contributed by atoms with E-state index in [9.17, 15) is 0 Å². The molecule has 0 aliphatic rings. The van der Waals surface area contributed by atoms with Gasteiger partial charge in [-0.3, -0.25) is 0 Å². The molecule has 20 heavy (non-hydrogen) atoms. The van der Waals surface area contributed by atoms with E-state index in [0.717, 1.165) is 5.56 Å². The highest BCUT2D eigenvalue weighted by molar-refractivity contribution is 5.99. The van der Waals surface area contributed by atoms with Crippen LogP contribution in [0.5, 0.6) is 11.5 Å². The van der Waals surface area contributed by atoms with Gasteiger partial charge in [0.2, 0.25) is 0 Å². The number of ether oxygens (including phenoxy) is 2. The van der Waals surface area contributed by atoms with Crippen molar-refractivity contribution in [3.8, 4) is 11.5 Å². The molecule has 0 spiro atoms. The van der Waals surface area contributed by atoms with Crippen molar-refractivity contribution in [3.05, 3.63) is 59.7 Å². The van der Waals surface area contributed by atoms with E-state index < -0.39 is 0 Å². The first-order valence-corrected chi connectivity index (χ1v) is 6.07. The van der Waals surface area contributed by atoms with Gasteiger partial charge in [0.15, 0.2) is 5.84 Å². The van der Waals surface area contributed by atoms with Crippen molar-refractivity contribution in [1.82, 2.24) is 0 Å². The van der Waals surface area contributed by atoms with Crippen molar-refractivity contribution in [2.75, 3.05) is 7.11 Å². The van der Waals surface area contributed by atoms with E-state index in [1.54, 1.807) is 25.3 Å². The van der Waals surface area contributed by atoms with Gasteiger partial charge in [-0.1, -0.05) is 35.5 Å². The summed E-state index contributed by atoms with van der Waals surface area (Å²) in [5, 5.41) is 11.8. The van der Waals surface area contributed by atoms with E-state index in [0.29, 0.717) is 23.7 Å². The molecule has 0 atom stereocenters. The van der Waals surface area contributed by atoms with Crippen LogP contribution in [0.2, 0.25) is 0 Å². The Bertz CT molecular complexity index is 597. The van der Waals surface area contributed by atoms with Crippen molar-refractivity contribution >= 4 is 5.84 Å². The fourth-order valence-corrected chi connectivity index (χ4v) is 1.75. The average Bonchev–Trinajstić information content (AvgIpc) is 2.52. The van der Waals surface area contributed by atoms with Gasteiger partial charge >= 0.3 is 0 Å².